The minimum atomic E-state index is -0.950. The van der Waals surface area contributed by atoms with Crippen molar-refractivity contribution in [2.45, 2.75) is 24.7 Å². The molecule has 2 aromatic rings. The lowest BCUT2D eigenvalue weighted by atomic mass is 9.87. The number of hydrogen-bond donors (Lipinski definition) is 3. The van der Waals surface area contributed by atoms with E-state index in [2.05, 4.69) is 0 Å². The van der Waals surface area contributed by atoms with E-state index in [1.807, 2.05) is 12.1 Å². The molecule has 0 heterocycles. The van der Waals surface area contributed by atoms with Crippen molar-refractivity contribution in [2.75, 3.05) is 0 Å². The second kappa shape index (κ2) is 4.24. The number of benzene rings is 2. The van der Waals surface area contributed by atoms with E-state index in [1.54, 1.807) is 24.3 Å². The lowest BCUT2D eigenvalue weighted by molar-refractivity contribution is 0.0471. The number of Topliss-reactive ketones (excluding diaryl/α,β-unsaturated/α-hetero) is 1. The summed E-state index contributed by atoms with van der Waals surface area (Å²) >= 11 is 0. The van der Waals surface area contributed by atoms with Crippen molar-refractivity contribution in [3.05, 3.63) is 52.6 Å². The maximum atomic E-state index is 11.9. The van der Waals surface area contributed by atoms with Crippen LogP contribution in [0.1, 0.15) is 45.7 Å². The molecule has 0 spiro atoms. The first-order chi connectivity index (χ1) is 10.1. The van der Waals surface area contributed by atoms with Crippen molar-refractivity contribution in [1.29, 1.82) is 0 Å². The van der Waals surface area contributed by atoms with Crippen molar-refractivity contribution >= 4 is 22.6 Å². The van der Waals surface area contributed by atoms with Crippen LogP contribution in [0.25, 0.3) is 16.8 Å². The van der Waals surface area contributed by atoms with Gasteiger partial charge in [-0.3, -0.25) is 4.79 Å². The fourth-order valence-electron chi connectivity index (χ4n) is 3.39. The number of aliphatic hydroxyl groups excluding tert-OH is 3. The molecule has 21 heavy (non-hydrogen) atoms. The molecular formula is C17H14O4. The van der Waals surface area contributed by atoms with Crippen LogP contribution in [0.5, 0.6) is 0 Å². The van der Waals surface area contributed by atoms with E-state index in [0.717, 1.165) is 16.3 Å². The predicted octanol–water partition coefficient (Wildman–Crippen LogP) is 1.88. The van der Waals surface area contributed by atoms with Crippen molar-refractivity contribution in [3.8, 4) is 0 Å². The summed E-state index contributed by atoms with van der Waals surface area (Å²) in [5.74, 6) is -0.0388. The lowest BCUT2D eigenvalue weighted by Crippen LogP contribution is -2.19. The van der Waals surface area contributed by atoms with Crippen LogP contribution in [0.4, 0.5) is 0 Å². The molecule has 0 aliphatic heterocycles. The topological polar surface area (TPSA) is 77.8 Å². The van der Waals surface area contributed by atoms with Crippen molar-refractivity contribution in [3.63, 3.8) is 0 Å². The maximum Gasteiger partial charge on any atom is 0.166 e. The van der Waals surface area contributed by atoms with Crippen LogP contribution in [-0.2, 0) is 0 Å². The number of fused-ring (bicyclic) bond motifs is 5. The molecule has 2 aliphatic carbocycles. The van der Waals surface area contributed by atoms with Crippen LogP contribution >= 0.6 is 0 Å². The molecule has 0 saturated carbocycles. The van der Waals surface area contributed by atoms with E-state index in [4.69, 9.17) is 0 Å². The molecule has 0 saturated heterocycles. The highest BCUT2D eigenvalue weighted by molar-refractivity contribution is 6.08. The number of hydrogen-bond acceptors (Lipinski definition) is 4. The van der Waals surface area contributed by atoms with Crippen LogP contribution in [0.3, 0.4) is 0 Å². The summed E-state index contributed by atoms with van der Waals surface area (Å²) in [5.41, 5.74) is 2.75. The summed E-state index contributed by atoms with van der Waals surface area (Å²) < 4.78 is 0. The standard InChI is InChI=1S/C17H14O4/c18-13-6-5-9-8-1-4-12-14(19)7-15(20)16(12)10(8)2-3-11(9)17(13)21/h1-6,13,15,17-18,20-21H,7H2. The van der Waals surface area contributed by atoms with Crippen LogP contribution in [0.15, 0.2) is 30.3 Å². The molecule has 0 radical (unpaired) electrons. The van der Waals surface area contributed by atoms with Gasteiger partial charge in [0.05, 0.1) is 6.10 Å². The smallest absolute Gasteiger partial charge is 0.166 e. The van der Waals surface area contributed by atoms with Crippen LogP contribution in [0, 0.1) is 0 Å². The zero-order valence-electron chi connectivity index (χ0n) is 11.2. The van der Waals surface area contributed by atoms with Crippen LogP contribution in [-0.4, -0.2) is 27.2 Å². The molecule has 3 unspecified atom stereocenters. The Balaban J connectivity index is 2.06. The highest BCUT2D eigenvalue weighted by Gasteiger charge is 2.31. The second-order valence-electron chi connectivity index (χ2n) is 5.63. The Labute approximate surface area is 121 Å². The molecule has 3 atom stereocenters. The van der Waals surface area contributed by atoms with Crippen molar-refractivity contribution < 1.29 is 20.1 Å². The number of aliphatic hydroxyl groups is 3. The normalized spacial score (nSPS) is 27.0. The van der Waals surface area contributed by atoms with Gasteiger partial charge in [0.25, 0.3) is 0 Å². The van der Waals surface area contributed by atoms with E-state index >= 15 is 0 Å². The van der Waals surface area contributed by atoms with E-state index in [1.165, 1.54) is 0 Å². The summed E-state index contributed by atoms with van der Waals surface area (Å²) in [4.78, 5) is 11.9. The highest BCUT2D eigenvalue weighted by Crippen LogP contribution is 2.40. The maximum absolute atomic E-state index is 11.9. The van der Waals surface area contributed by atoms with Gasteiger partial charge in [-0.15, -0.1) is 0 Å². The summed E-state index contributed by atoms with van der Waals surface area (Å²) in [6, 6.07) is 7.15. The molecule has 2 aromatic carbocycles. The van der Waals surface area contributed by atoms with Gasteiger partial charge in [0.15, 0.2) is 5.78 Å². The summed E-state index contributed by atoms with van der Waals surface area (Å²) in [5, 5.41) is 31.6. The average Bonchev–Trinajstić information content (AvgIpc) is 2.77. The second-order valence-corrected chi connectivity index (χ2v) is 5.63. The molecular weight excluding hydrogens is 268 g/mol. The third kappa shape index (κ3) is 1.64. The fourth-order valence-corrected chi connectivity index (χ4v) is 3.39. The van der Waals surface area contributed by atoms with Crippen LogP contribution in [0.2, 0.25) is 0 Å². The van der Waals surface area contributed by atoms with Gasteiger partial charge in [0.1, 0.15) is 12.2 Å². The molecule has 4 rings (SSSR count). The van der Waals surface area contributed by atoms with Gasteiger partial charge < -0.3 is 15.3 Å². The van der Waals surface area contributed by atoms with E-state index in [-0.39, 0.29) is 12.2 Å². The monoisotopic (exact) mass is 282 g/mol. The molecule has 4 nitrogen and oxygen atoms in total. The SMILES string of the molecule is O=C1CC(O)c2c1ccc1c3c(ccc21)C(O)C(O)C=C3. The van der Waals surface area contributed by atoms with Crippen LogP contribution < -0.4 is 0 Å². The first-order valence-corrected chi connectivity index (χ1v) is 6.93. The molecule has 0 amide bonds. The Morgan fingerprint density at radius 2 is 1.76 bits per heavy atom. The Morgan fingerprint density at radius 3 is 2.57 bits per heavy atom. The predicted molar refractivity (Wildman–Crippen MR) is 77.9 cm³/mol. The molecule has 4 heteroatoms. The van der Waals surface area contributed by atoms with Gasteiger partial charge in [0.2, 0.25) is 0 Å². The third-order valence-electron chi connectivity index (χ3n) is 4.43. The molecule has 2 aliphatic rings. The Morgan fingerprint density at radius 1 is 1.00 bits per heavy atom. The van der Waals surface area contributed by atoms with Gasteiger partial charge in [-0.05, 0) is 27.5 Å². The van der Waals surface area contributed by atoms with E-state index < -0.39 is 18.3 Å². The number of ketones is 1. The van der Waals surface area contributed by atoms with Gasteiger partial charge >= 0.3 is 0 Å². The Hall–Kier alpha value is -2.01. The summed E-state index contributed by atoms with van der Waals surface area (Å²) in [7, 11) is 0. The van der Waals surface area contributed by atoms with Gasteiger partial charge in [-0.2, -0.15) is 0 Å². The zero-order valence-corrected chi connectivity index (χ0v) is 11.2. The number of carbonyl (C=O) groups excluding carboxylic acids is 1. The molecule has 106 valence electrons. The zero-order chi connectivity index (χ0) is 14.7. The summed E-state index contributed by atoms with van der Waals surface area (Å²) in [6.45, 7) is 0. The minimum absolute atomic E-state index is 0.0388. The van der Waals surface area contributed by atoms with Gasteiger partial charge in [-0.25, -0.2) is 0 Å². The molecule has 0 aromatic heterocycles. The fraction of sp³-hybridized carbons (Fsp3) is 0.235. The molecule has 3 N–H and O–H groups in total. The van der Waals surface area contributed by atoms with E-state index in [9.17, 15) is 20.1 Å². The Kier molecular flexibility index (Phi) is 2.57. The number of carbonyl (C=O) groups is 1. The van der Waals surface area contributed by atoms with Gasteiger partial charge in [-0.1, -0.05) is 36.4 Å². The third-order valence-corrected chi connectivity index (χ3v) is 4.43. The first-order valence-electron chi connectivity index (χ1n) is 6.93. The Bertz CT molecular complexity index is 806. The van der Waals surface area contributed by atoms with Gasteiger partial charge in [0, 0.05) is 12.0 Å². The van der Waals surface area contributed by atoms with E-state index in [0.29, 0.717) is 16.7 Å². The van der Waals surface area contributed by atoms with Crippen molar-refractivity contribution in [1.82, 2.24) is 0 Å². The highest BCUT2D eigenvalue weighted by atomic mass is 16.3. The molecule has 0 bridgehead atoms. The first kappa shape index (κ1) is 12.7. The molecule has 0 fully saturated rings. The average molecular weight is 282 g/mol. The minimum Gasteiger partial charge on any atom is -0.388 e. The largest absolute Gasteiger partial charge is 0.388 e. The van der Waals surface area contributed by atoms with Crippen molar-refractivity contribution in [2.24, 2.45) is 0 Å². The quantitative estimate of drug-likeness (QED) is 0.689. The summed E-state index contributed by atoms with van der Waals surface area (Å²) in [6.07, 6.45) is 0.845. The number of rotatable bonds is 0. The lowest BCUT2D eigenvalue weighted by Gasteiger charge is -2.23.